The highest BCUT2D eigenvalue weighted by Crippen LogP contribution is 2.31. The Hall–Kier alpha value is -2.50. The van der Waals surface area contributed by atoms with Crippen LogP contribution in [-0.2, 0) is 9.53 Å². The summed E-state index contributed by atoms with van der Waals surface area (Å²) in [4.78, 5) is 24.5. The van der Waals surface area contributed by atoms with Gasteiger partial charge in [0.15, 0.2) is 5.78 Å². The number of carbonyl (C=O) groups is 2. The highest BCUT2D eigenvalue weighted by molar-refractivity contribution is 5.96. The van der Waals surface area contributed by atoms with Crippen LogP contribution in [0.15, 0.2) is 54.6 Å². The quantitative estimate of drug-likeness (QED) is 0.311. The van der Waals surface area contributed by atoms with Crippen molar-refractivity contribution in [3.05, 3.63) is 71.3 Å². The zero-order valence-electron chi connectivity index (χ0n) is 20.7. The molecule has 0 radical (unpaired) electrons. The molecule has 0 saturated heterocycles. The van der Waals surface area contributed by atoms with Gasteiger partial charge in [-0.1, -0.05) is 80.6 Å². The van der Waals surface area contributed by atoms with Gasteiger partial charge in [-0.15, -0.1) is 0 Å². The summed E-state index contributed by atoms with van der Waals surface area (Å²) in [7, 11) is 1.97. The van der Waals surface area contributed by atoms with Crippen molar-refractivity contribution in [3.63, 3.8) is 0 Å². The molecule has 34 heavy (non-hydrogen) atoms. The number of amides is 1. The summed E-state index contributed by atoms with van der Waals surface area (Å²) in [6.07, 6.45) is 8.03. The van der Waals surface area contributed by atoms with Gasteiger partial charge in [0.05, 0.1) is 6.61 Å². The maximum Gasteiger partial charge on any atom is 0.216 e. The fraction of sp³-hybridized carbons (Fsp3) is 0.517. The summed E-state index contributed by atoms with van der Waals surface area (Å²) >= 11 is 0. The Morgan fingerprint density at radius 3 is 2.44 bits per heavy atom. The first-order valence-electron chi connectivity index (χ1n) is 12.8. The Morgan fingerprint density at radius 1 is 1.00 bits per heavy atom. The first kappa shape index (κ1) is 26.1. The fourth-order valence-electron chi connectivity index (χ4n) is 5.09. The second kappa shape index (κ2) is 14.0. The van der Waals surface area contributed by atoms with Crippen LogP contribution in [0, 0.1) is 11.8 Å². The van der Waals surface area contributed by atoms with Crippen LogP contribution in [0.25, 0.3) is 0 Å². The van der Waals surface area contributed by atoms with E-state index in [0.29, 0.717) is 25.5 Å². The van der Waals surface area contributed by atoms with Gasteiger partial charge in [-0.2, -0.15) is 0 Å². The van der Waals surface area contributed by atoms with Crippen LogP contribution in [0.5, 0.6) is 0 Å². The molecule has 0 heterocycles. The van der Waals surface area contributed by atoms with Crippen LogP contribution in [-0.4, -0.2) is 38.4 Å². The zero-order valence-corrected chi connectivity index (χ0v) is 20.7. The van der Waals surface area contributed by atoms with Crippen molar-refractivity contribution in [2.45, 2.75) is 58.0 Å². The Kier molecular flexibility index (Phi) is 10.8. The molecule has 1 aliphatic carbocycles. The summed E-state index contributed by atoms with van der Waals surface area (Å²) in [5.41, 5.74) is 2.73. The minimum absolute atomic E-state index is 0.0724. The number of hydrogen-bond donors (Lipinski definition) is 2. The van der Waals surface area contributed by atoms with Gasteiger partial charge in [0, 0.05) is 25.5 Å². The normalized spacial score (nSPS) is 16.1. The van der Waals surface area contributed by atoms with Crippen LogP contribution < -0.4 is 10.6 Å². The molecule has 2 aromatic carbocycles. The number of carbonyl (C=O) groups excluding carboxylic acids is 2. The third kappa shape index (κ3) is 8.37. The highest BCUT2D eigenvalue weighted by Gasteiger charge is 2.22. The largest absolute Gasteiger partial charge is 0.367 e. The molecule has 5 nitrogen and oxygen atoms in total. The second-order valence-electron chi connectivity index (χ2n) is 9.56. The van der Waals surface area contributed by atoms with E-state index >= 15 is 0 Å². The van der Waals surface area contributed by atoms with Crippen LogP contribution in [0.2, 0.25) is 0 Å². The molecule has 1 fully saturated rings. The van der Waals surface area contributed by atoms with Gasteiger partial charge in [-0.25, -0.2) is 0 Å². The predicted molar refractivity (Wildman–Crippen MR) is 137 cm³/mol. The lowest BCUT2D eigenvalue weighted by molar-refractivity contribution is -0.119. The molecule has 184 valence electrons. The third-order valence-corrected chi connectivity index (χ3v) is 6.73. The molecule has 5 heteroatoms. The van der Waals surface area contributed by atoms with Crippen LogP contribution in [0.3, 0.4) is 0 Å². The Labute approximate surface area is 204 Å². The predicted octanol–water partition coefficient (Wildman–Crippen LogP) is 5.31. The topological polar surface area (TPSA) is 67.4 Å². The van der Waals surface area contributed by atoms with Gasteiger partial charge >= 0.3 is 0 Å². The number of nitrogens with one attached hydrogen (secondary N) is 2. The summed E-state index contributed by atoms with van der Waals surface area (Å²) < 4.78 is 6.18. The standard InChI is InChI=1S/C29H40N2O3/c1-22(32)31-16-17-34-29(25-12-7-4-8-13-25)27-15-9-14-26(20-27)28(33)19-24(21-30-2)18-23-10-5-3-6-11-23/h4,7-9,12-15,20,23-24,29-30H,3,5-6,10-11,16-19,21H2,1-2H3,(H,31,32)/t24-,29+/m1/s1. The van der Waals surface area contributed by atoms with Crippen molar-refractivity contribution in [1.29, 1.82) is 0 Å². The van der Waals surface area contributed by atoms with E-state index in [-0.39, 0.29) is 17.8 Å². The maximum atomic E-state index is 13.3. The van der Waals surface area contributed by atoms with Gasteiger partial charge in [0.1, 0.15) is 6.10 Å². The number of Topliss-reactive ketones (excluding diaryl/α,β-unsaturated/α-hetero) is 1. The molecule has 2 atom stereocenters. The SMILES string of the molecule is CNC[C@@H](CC(=O)c1cccc([C@@H](OCCNC(C)=O)c2ccccc2)c1)CC1CCCCC1. The van der Waals surface area contributed by atoms with Crippen LogP contribution in [0.4, 0.5) is 0 Å². The van der Waals surface area contributed by atoms with Crippen molar-refractivity contribution in [2.75, 3.05) is 26.7 Å². The fourth-order valence-corrected chi connectivity index (χ4v) is 5.09. The van der Waals surface area contributed by atoms with Gasteiger partial charge in [-0.3, -0.25) is 9.59 Å². The molecule has 2 aromatic rings. The van der Waals surface area contributed by atoms with E-state index < -0.39 is 0 Å². The molecule has 0 aliphatic heterocycles. The summed E-state index contributed by atoms with van der Waals surface area (Å²) in [6, 6.07) is 17.9. The summed E-state index contributed by atoms with van der Waals surface area (Å²) in [5, 5.41) is 6.08. The van der Waals surface area contributed by atoms with Crippen molar-refractivity contribution in [3.8, 4) is 0 Å². The number of ether oxygens (including phenoxy) is 1. The van der Waals surface area contributed by atoms with Gasteiger partial charge in [0.25, 0.3) is 0 Å². The molecule has 0 spiro atoms. The van der Waals surface area contributed by atoms with E-state index in [1.807, 2.05) is 61.6 Å². The average molecular weight is 465 g/mol. The Morgan fingerprint density at radius 2 is 1.74 bits per heavy atom. The molecule has 1 amide bonds. The monoisotopic (exact) mass is 464 g/mol. The highest BCUT2D eigenvalue weighted by atomic mass is 16.5. The van der Waals surface area contributed by atoms with Crippen molar-refractivity contribution < 1.29 is 14.3 Å². The van der Waals surface area contributed by atoms with Crippen molar-refractivity contribution in [2.24, 2.45) is 11.8 Å². The van der Waals surface area contributed by atoms with E-state index in [9.17, 15) is 9.59 Å². The van der Waals surface area contributed by atoms with Crippen molar-refractivity contribution >= 4 is 11.7 Å². The van der Waals surface area contributed by atoms with E-state index in [0.717, 1.165) is 35.6 Å². The second-order valence-corrected chi connectivity index (χ2v) is 9.56. The molecule has 1 aliphatic rings. The van der Waals surface area contributed by atoms with Crippen LogP contribution in [0.1, 0.15) is 79.5 Å². The van der Waals surface area contributed by atoms with Crippen LogP contribution >= 0.6 is 0 Å². The lowest BCUT2D eigenvalue weighted by atomic mass is 9.81. The van der Waals surface area contributed by atoms with Crippen molar-refractivity contribution in [1.82, 2.24) is 10.6 Å². The number of benzene rings is 2. The molecular formula is C29H40N2O3. The van der Waals surface area contributed by atoms with E-state index in [4.69, 9.17) is 4.74 Å². The minimum Gasteiger partial charge on any atom is -0.367 e. The summed E-state index contributed by atoms with van der Waals surface area (Å²) in [6.45, 7) is 3.22. The molecule has 3 rings (SSSR count). The third-order valence-electron chi connectivity index (χ3n) is 6.73. The van der Waals surface area contributed by atoms with Gasteiger partial charge in [-0.05, 0) is 49.0 Å². The first-order valence-corrected chi connectivity index (χ1v) is 12.8. The number of ketones is 1. The van der Waals surface area contributed by atoms with E-state index in [2.05, 4.69) is 10.6 Å². The van der Waals surface area contributed by atoms with Gasteiger partial charge < -0.3 is 15.4 Å². The minimum atomic E-state index is -0.293. The average Bonchev–Trinajstić information content (AvgIpc) is 2.85. The van der Waals surface area contributed by atoms with E-state index in [1.54, 1.807) is 0 Å². The maximum absolute atomic E-state index is 13.3. The Balaban J connectivity index is 1.71. The number of hydrogen-bond acceptors (Lipinski definition) is 4. The number of rotatable bonds is 13. The lowest BCUT2D eigenvalue weighted by Crippen LogP contribution is -2.25. The molecule has 0 bridgehead atoms. The van der Waals surface area contributed by atoms with E-state index in [1.165, 1.54) is 39.0 Å². The van der Waals surface area contributed by atoms with Gasteiger partial charge in [0.2, 0.25) is 5.91 Å². The molecule has 1 saturated carbocycles. The first-order chi connectivity index (χ1) is 16.6. The Bertz CT molecular complexity index is 893. The summed E-state index contributed by atoms with van der Waals surface area (Å²) in [5.74, 6) is 1.24. The molecule has 0 unspecified atom stereocenters. The molecule has 2 N–H and O–H groups in total. The molecule has 0 aromatic heterocycles. The zero-order chi connectivity index (χ0) is 24.2. The molecular weight excluding hydrogens is 424 g/mol. The lowest BCUT2D eigenvalue weighted by Gasteiger charge is -2.26. The smallest absolute Gasteiger partial charge is 0.216 e.